The number of urea groups is 1. The van der Waals surface area contributed by atoms with E-state index in [0.29, 0.717) is 18.5 Å². The molecule has 0 unspecified atom stereocenters. The molecule has 4 amide bonds. The quantitative estimate of drug-likeness (QED) is 0.625. The van der Waals surface area contributed by atoms with Crippen LogP contribution in [0, 0.1) is 0 Å². The number of anilines is 1. The van der Waals surface area contributed by atoms with Crippen LogP contribution >= 0.6 is 11.8 Å². The van der Waals surface area contributed by atoms with E-state index in [4.69, 9.17) is 0 Å². The maximum Gasteiger partial charge on any atom is 0.325 e. The Morgan fingerprint density at radius 2 is 1.88 bits per heavy atom. The lowest BCUT2D eigenvalue weighted by molar-refractivity contribution is -0.134. The summed E-state index contributed by atoms with van der Waals surface area (Å²) in [5, 5.41) is 5.65. The lowest BCUT2D eigenvalue weighted by Gasteiger charge is -2.28. The highest BCUT2D eigenvalue weighted by atomic mass is 32.2. The second-order valence-electron chi connectivity index (χ2n) is 6.95. The molecule has 0 aromatic heterocycles. The van der Waals surface area contributed by atoms with E-state index in [1.54, 1.807) is 17.8 Å². The van der Waals surface area contributed by atoms with Gasteiger partial charge in [0.25, 0.3) is 5.91 Å². The van der Waals surface area contributed by atoms with E-state index in [0.717, 1.165) is 35.5 Å². The van der Waals surface area contributed by atoms with E-state index >= 15 is 0 Å². The summed E-state index contributed by atoms with van der Waals surface area (Å²) in [5.41, 5.74) is -0.147. The van der Waals surface area contributed by atoms with Crippen molar-refractivity contribution in [3.63, 3.8) is 0 Å². The van der Waals surface area contributed by atoms with Crippen LogP contribution < -0.4 is 10.6 Å². The van der Waals surface area contributed by atoms with E-state index < -0.39 is 11.6 Å². The summed E-state index contributed by atoms with van der Waals surface area (Å²) in [6, 6.07) is 7.02. The van der Waals surface area contributed by atoms with E-state index in [-0.39, 0.29) is 18.4 Å². The number of imide groups is 1. The Bertz CT molecular complexity index is 699. The molecule has 1 aromatic rings. The average molecular weight is 375 g/mol. The van der Waals surface area contributed by atoms with Crippen LogP contribution in [0.2, 0.25) is 0 Å². The molecule has 0 atom stereocenters. The molecule has 1 spiro atoms. The smallest absolute Gasteiger partial charge is 0.324 e. The molecule has 1 aromatic carbocycles. The van der Waals surface area contributed by atoms with E-state index in [1.165, 1.54) is 6.42 Å². The largest absolute Gasteiger partial charge is 0.325 e. The zero-order valence-corrected chi connectivity index (χ0v) is 15.9. The summed E-state index contributed by atoms with van der Waals surface area (Å²) in [5.74, 6) is -0.618. The Hall–Kier alpha value is -2.02. The molecule has 1 aliphatic carbocycles. The Balaban J connectivity index is 1.66. The molecule has 1 heterocycles. The third-order valence-electron chi connectivity index (χ3n) is 5.11. The van der Waals surface area contributed by atoms with Crippen molar-refractivity contribution in [2.45, 2.75) is 55.4 Å². The van der Waals surface area contributed by atoms with Gasteiger partial charge in [-0.2, -0.15) is 0 Å². The van der Waals surface area contributed by atoms with Gasteiger partial charge >= 0.3 is 6.03 Å². The second-order valence-corrected chi connectivity index (χ2v) is 7.83. The summed E-state index contributed by atoms with van der Waals surface area (Å²) < 4.78 is 0. The fourth-order valence-electron chi connectivity index (χ4n) is 3.71. The second kappa shape index (κ2) is 8.12. The van der Waals surface area contributed by atoms with Gasteiger partial charge in [0.15, 0.2) is 0 Å². The third-order valence-corrected chi connectivity index (χ3v) is 5.83. The third kappa shape index (κ3) is 4.03. The van der Waals surface area contributed by atoms with Crippen LogP contribution in [-0.2, 0) is 9.59 Å². The minimum Gasteiger partial charge on any atom is -0.324 e. The first-order valence-electron chi connectivity index (χ1n) is 9.12. The number of nitrogens with zero attached hydrogens (tertiary/aromatic N) is 1. The number of benzene rings is 1. The molecule has 140 valence electrons. The standard InChI is InChI=1S/C19H25N3O3S/c1-26-15-9-7-8-14(12-15)20-16(23)13-22-17(24)19(21-18(22)25)10-5-3-2-4-6-11-19/h7-9,12H,2-6,10-11,13H2,1H3,(H,20,23)(H,21,25). The van der Waals surface area contributed by atoms with Gasteiger partial charge in [-0.25, -0.2) is 4.79 Å². The summed E-state index contributed by atoms with van der Waals surface area (Å²) in [4.78, 5) is 39.7. The number of hydrogen-bond donors (Lipinski definition) is 2. The van der Waals surface area contributed by atoms with Gasteiger partial charge in [0.05, 0.1) is 0 Å². The zero-order chi connectivity index (χ0) is 18.6. The van der Waals surface area contributed by atoms with Crippen molar-refractivity contribution in [1.29, 1.82) is 0 Å². The van der Waals surface area contributed by atoms with Gasteiger partial charge in [-0.1, -0.05) is 38.2 Å². The van der Waals surface area contributed by atoms with Crippen LogP contribution in [0.3, 0.4) is 0 Å². The molecular formula is C19H25N3O3S. The topological polar surface area (TPSA) is 78.5 Å². The fourth-order valence-corrected chi connectivity index (χ4v) is 4.17. The van der Waals surface area contributed by atoms with Crippen molar-refractivity contribution in [2.24, 2.45) is 0 Å². The van der Waals surface area contributed by atoms with Gasteiger partial charge in [0.2, 0.25) is 5.91 Å². The van der Waals surface area contributed by atoms with Crippen LogP contribution in [-0.4, -0.2) is 41.1 Å². The maximum absolute atomic E-state index is 12.9. The number of hydrogen-bond acceptors (Lipinski definition) is 4. The lowest BCUT2D eigenvalue weighted by Crippen LogP contribution is -2.47. The Kier molecular flexibility index (Phi) is 5.86. The van der Waals surface area contributed by atoms with Gasteiger partial charge in [-0.15, -0.1) is 11.8 Å². The molecule has 2 N–H and O–H groups in total. The molecule has 2 aliphatic rings. The number of carbonyl (C=O) groups is 3. The summed E-state index contributed by atoms with van der Waals surface area (Å²) >= 11 is 1.58. The van der Waals surface area contributed by atoms with Gasteiger partial charge in [0.1, 0.15) is 12.1 Å². The predicted molar refractivity (Wildman–Crippen MR) is 102 cm³/mol. The van der Waals surface area contributed by atoms with E-state index in [2.05, 4.69) is 10.6 Å². The first kappa shape index (κ1) is 18.8. The van der Waals surface area contributed by atoms with Crippen molar-refractivity contribution in [2.75, 3.05) is 18.1 Å². The van der Waals surface area contributed by atoms with Crippen LogP contribution in [0.25, 0.3) is 0 Å². The van der Waals surface area contributed by atoms with Crippen LogP contribution in [0.15, 0.2) is 29.2 Å². The van der Waals surface area contributed by atoms with Gasteiger partial charge < -0.3 is 10.6 Å². The first-order valence-corrected chi connectivity index (χ1v) is 10.3. The minimum absolute atomic E-state index is 0.252. The van der Waals surface area contributed by atoms with Crippen molar-refractivity contribution in [1.82, 2.24) is 10.2 Å². The lowest BCUT2D eigenvalue weighted by atomic mass is 9.84. The molecule has 1 saturated carbocycles. The van der Waals surface area contributed by atoms with Gasteiger partial charge in [-0.05, 0) is 37.3 Å². The van der Waals surface area contributed by atoms with Crippen LogP contribution in [0.4, 0.5) is 10.5 Å². The molecule has 1 aliphatic heterocycles. The van der Waals surface area contributed by atoms with Gasteiger partial charge in [-0.3, -0.25) is 14.5 Å². The molecule has 0 radical (unpaired) electrons. The zero-order valence-electron chi connectivity index (χ0n) is 15.0. The highest BCUT2D eigenvalue weighted by molar-refractivity contribution is 7.98. The van der Waals surface area contributed by atoms with Crippen molar-refractivity contribution >= 4 is 35.3 Å². The summed E-state index contributed by atoms with van der Waals surface area (Å²) in [6.45, 7) is -0.254. The number of nitrogens with one attached hydrogen (secondary N) is 2. The number of amides is 4. The van der Waals surface area contributed by atoms with Gasteiger partial charge in [0, 0.05) is 10.6 Å². The first-order chi connectivity index (χ1) is 12.5. The molecule has 0 bridgehead atoms. The summed E-state index contributed by atoms with van der Waals surface area (Å²) in [7, 11) is 0. The van der Waals surface area contributed by atoms with Crippen LogP contribution in [0.1, 0.15) is 44.9 Å². The molecule has 7 heteroatoms. The molecule has 2 fully saturated rings. The summed E-state index contributed by atoms with van der Waals surface area (Å²) in [6.07, 6.45) is 8.47. The van der Waals surface area contributed by atoms with Crippen molar-refractivity contribution < 1.29 is 14.4 Å². The fraction of sp³-hybridized carbons (Fsp3) is 0.526. The van der Waals surface area contributed by atoms with E-state index in [9.17, 15) is 14.4 Å². The number of carbonyl (C=O) groups excluding carboxylic acids is 3. The maximum atomic E-state index is 12.9. The van der Waals surface area contributed by atoms with Crippen molar-refractivity contribution in [3.05, 3.63) is 24.3 Å². The normalized spacial score (nSPS) is 19.8. The number of rotatable bonds is 4. The average Bonchev–Trinajstić information content (AvgIpc) is 2.83. The molecule has 3 rings (SSSR count). The Morgan fingerprint density at radius 1 is 1.19 bits per heavy atom. The highest BCUT2D eigenvalue weighted by Gasteiger charge is 2.50. The Morgan fingerprint density at radius 3 is 2.58 bits per heavy atom. The molecule has 26 heavy (non-hydrogen) atoms. The van der Waals surface area contributed by atoms with Crippen molar-refractivity contribution in [3.8, 4) is 0 Å². The Labute approximate surface area is 158 Å². The highest BCUT2D eigenvalue weighted by Crippen LogP contribution is 2.32. The SMILES string of the molecule is CSc1cccc(NC(=O)CN2C(=O)NC3(CCCCCCC3)C2=O)c1. The monoisotopic (exact) mass is 375 g/mol. The molecule has 6 nitrogen and oxygen atoms in total. The number of thioether (sulfide) groups is 1. The predicted octanol–water partition coefficient (Wildman–Crippen LogP) is 3.38. The minimum atomic E-state index is -0.809. The van der Waals surface area contributed by atoms with E-state index in [1.807, 2.05) is 24.5 Å². The van der Waals surface area contributed by atoms with Crippen LogP contribution in [0.5, 0.6) is 0 Å². The molecule has 1 saturated heterocycles. The molecular weight excluding hydrogens is 350 g/mol.